The molecule has 156 valence electrons. The third-order valence-electron chi connectivity index (χ3n) is 5.43. The van der Waals surface area contributed by atoms with Crippen LogP contribution < -0.4 is 4.74 Å². The van der Waals surface area contributed by atoms with Crippen LogP contribution in [0.2, 0.25) is 0 Å². The van der Waals surface area contributed by atoms with E-state index < -0.39 is 0 Å². The lowest BCUT2D eigenvalue weighted by Crippen LogP contribution is -2.00. The number of rotatable bonds is 4. The molecule has 5 aromatic rings. The first-order valence-electron chi connectivity index (χ1n) is 9.84. The van der Waals surface area contributed by atoms with Crippen molar-refractivity contribution in [3.8, 4) is 28.0 Å². The van der Waals surface area contributed by atoms with Gasteiger partial charge in [0.05, 0.1) is 25.2 Å². The van der Waals surface area contributed by atoms with Crippen molar-refractivity contribution in [2.24, 2.45) is 7.05 Å². The zero-order valence-corrected chi connectivity index (χ0v) is 17.5. The molecule has 31 heavy (non-hydrogen) atoms. The molecule has 2 aromatic carbocycles. The predicted octanol–water partition coefficient (Wildman–Crippen LogP) is 4.17. The van der Waals surface area contributed by atoms with Crippen molar-refractivity contribution in [1.82, 2.24) is 34.7 Å². The Morgan fingerprint density at radius 1 is 1.00 bits per heavy atom. The lowest BCUT2D eigenvalue weighted by atomic mass is 9.98. The highest BCUT2D eigenvalue weighted by atomic mass is 19.1. The first-order chi connectivity index (χ1) is 15.0. The minimum Gasteiger partial charge on any atom is -0.494 e. The van der Waals surface area contributed by atoms with Gasteiger partial charge in [-0.3, -0.25) is 0 Å². The summed E-state index contributed by atoms with van der Waals surface area (Å²) in [5.41, 5.74) is 5.36. The third-order valence-corrected chi connectivity index (χ3v) is 5.43. The molecule has 3 heterocycles. The number of fused-ring (bicyclic) bond motifs is 2. The summed E-state index contributed by atoms with van der Waals surface area (Å²) in [7, 11) is 3.34. The number of nitrogens with zero attached hydrogens (tertiary/aromatic N) is 7. The van der Waals surface area contributed by atoms with Crippen molar-refractivity contribution >= 4 is 22.2 Å². The van der Waals surface area contributed by atoms with Gasteiger partial charge in [0.2, 0.25) is 0 Å². The lowest BCUT2D eigenvalue weighted by Gasteiger charge is -2.12. The van der Waals surface area contributed by atoms with Crippen molar-refractivity contribution < 1.29 is 9.13 Å². The van der Waals surface area contributed by atoms with Gasteiger partial charge >= 0.3 is 0 Å². The van der Waals surface area contributed by atoms with Crippen LogP contribution in [0, 0.1) is 5.82 Å². The number of aryl methyl sites for hydroxylation is 1. The minimum atomic E-state index is -0.365. The molecule has 0 saturated heterocycles. The molecule has 0 radical (unpaired) electrons. The van der Waals surface area contributed by atoms with E-state index in [9.17, 15) is 4.39 Å². The van der Waals surface area contributed by atoms with Gasteiger partial charge in [-0.05, 0) is 43.7 Å². The highest BCUT2D eigenvalue weighted by Gasteiger charge is 2.19. The van der Waals surface area contributed by atoms with Gasteiger partial charge in [-0.1, -0.05) is 11.3 Å². The van der Waals surface area contributed by atoms with Crippen LogP contribution in [0.25, 0.3) is 44.5 Å². The van der Waals surface area contributed by atoms with E-state index in [1.54, 1.807) is 43.5 Å². The van der Waals surface area contributed by atoms with Crippen LogP contribution in [0.4, 0.5) is 4.39 Å². The van der Waals surface area contributed by atoms with Gasteiger partial charge in [0, 0.05) is 29.8 Å². The second kappa shape index (κ2) is 7.12. The molecule has 0 atom stereocenters. The summed E-state index contributed by atoms with van der Waals surface area (Å²) in [5.74, 6) is 0.111. The number of imidazole rings is 1. The Morgan fingerprint density at radius 3 is 2.61 bits per heavy atom. The van der Waals surface area contributed by atoms with Crippen molar-refractivity contribution in [2.75, 3.05) is 7.11 Å². The molecule has 5 rings (SSSR count). The largest absolute Gasteiger partial charge is 0.494 e. The van der Waals surface area contributed by atoms with Crippen molar-refractivity contribution in [1.29, 1.82) is 0 Å². The van der Waals surface area contributed by atoms with E-state index in [1.807, 2.05) is 16.7 Å². The summed E-state index contributed by atoms with van der Waals surface area (Å²) in [6.07, 6.45) is 3.41. The number of halogens is 1. The molecule has 0 aliphatic rings. The molecule has 0 amide bonds. The number of ether oxygens (including phenoxy) is 1. The Bertz CT molecular complexity index is 1440. The maximum Gasteiger partial charge on any atom is 0.183 e. The highest BCUT2D eigenvalue weighted by Crippen LogP contribution is 2.39. The van der Waals surface area contributed by atoms with Gasteiger partial charge in [-0.25, -0.2) is 14.1 Å². The van der Waals surface area contributed by atoms with Crippen LogP contribution in [0.15, 0.2) is 42.9 Å². The topological polar surface area (TPSA) is 83.5 Å². The van der Waals surface area contributed by atoms with Crippen LogP contribution in [0.5, 0.6) is 5.75 Å². The monoisotopic (exact) mass is 417 g/mol. The summed E-state index contributed by atoms with van der Waals surface area (Å²) >= 11 is 0. The SMILES string of the molecule is COc1c(-c2cc(-c3cnnc4c3ncn4C(C)C)ccc2F)ccc2c1nnn2C. The molecule has 0 spiro atoms. The normalized spacial score (nSPS) is 11.7. The molecular formula is C22H20FN7O. The molecule has 0 unspecified atom stereocenters. The molecule has 8 nitrogen and oxygen atoms in total. The molecule has 0 aliphatic heterocycles. The number of hydrogen-bond donors (Lipinski definition) is 0. The molecular weight excluding hydrogens is 397 g/mol. The summed E-state index contributed by atoms with van der Waals surface area (Å²) < 4.78 is 24.2. The Morgan fingerprint density at radius 2 is 1.84 bits per heavy atom. The smallest absolute Gasteiger partial charge is 0.183 e. The fourth-order valence-electron chi connectivity index (χ4n) is 3.83. The van der Waals surface area contributed by atoms with Gasteiger partial charge < -0.3 is 9.30 Å². The first-order valence-corrected chi connectivity index (χ1v) is 9.84. The Hall–Kier alpha value is -3.88. The van der Waals surface area contributed by atoms with E-state index >= 15 is 0 Å². The highest BCUT2D eigenvalue weighted by molar-refractivity contribution is 5.93. The van der Waals surface area contributed by atoms with Gasteiger partial charge in [0.25, 0.3) is 0 Å². The van der Waals surface area contributed by atoms with Crippen LogP contribution in [-0.4, -0.2) is 41.9 Å². The van der Waals surface area contributed by atoms with E-state index in [0.717, 1.165) is 22.2 Å². The zero-order chi connectivity index (χ0) is 21.7. The van der Waals surface area contributed by atoms with Crippen LogP contribution in [0.3, 0.4) is 0 Å². The second-order valence-corrected chi connectivity index (χ2v) is 7.60. The number of aromatic nitrogens is 7. The zero-order valence-electron chi connectivity index (χ0n) is 17.5. The summed E-state index contributed by atoms with van der Waals surface area (Å²) in [4.78, 5) is 4.54. The van der Waals surface area contributed by atoms with Crippen LogP contribution in [0.1, 0.15) is 19.9 Å². The summed E-state index contributed by atoms with van der Waals surface area (Å²) in [5, 5.41) is 16.6. The van der Waals surface area contributed by atoms with E-state index in [0.29, 0.717) is 28.0 Å². The third kappa shape index (κ3) is 2.92. The molecule has 0 aliphatic carbocycles. The van der Waals surface area contributed by atoms with Gasteiger partial charge in [0.15, 0.2) is 16.9 Å². The Balaban J connectivity index is 1.72. The fourth-order valence-corrected chi connectivity index (χ4v) is 3.83. The fraction of sp³-hybridized carbons (Fsp3) is 0.227. The standard InChI is InChI=1S/C22H20FN7O/c1-12(2)30-11-24-19-16(10-25-27-22(19)30)13-5-7-17(23)15(9-13)14-6-8-18-20(21(14)31-4)26-28-29(18)3/h5-12H,1-4H3. The molecule has 0 N–H and O–H groups in total. The molecule has 0 fully saturated rings. The van der Waals surface area contributed by atoms with E-state index in [4.69, 9.17) is 4.74 Å². The number of benzene rings is 2. The predicted molar refractivity (Wildman–Crippen MR) is 115 cm³/mol. The van der Waals surface area contributed by atoms with Crippen molar-refractivity contribution in [2.45, 2.75) is 19.9 Å². The second-order valence-electron chi connectivity index (χ2n) is 7.60. The van der Waals surface area contributed by atoms with Gasteiger partial charge in [-0.15, -0.1) is 10.2 Å². The van der Waals surface area contributed by atoms with E-state index in [2.05, 4.69) is 39.3 Å². The lowest BCUT2D eigenvalue weighted by molar-refractivity contribution is 0.420. The van der Waals surface area contributed by atoms with Crippen molar-refractivity contribution in [3.05, 3.63) is 48.7 Å². The molecule has 3 aromatic heterocycles. The average molecular weight is 417 g/mol. The number of methoxy groups -OCH3 is 1. The van der Waals surface area contributed by atoms with Gasteiger partial charge in [-0.2, -0.15) is 5.10 Å². The first kappa shape index (κ1) is 19.1. The van der Waals surface area contributed by atoms with Crippen LogP contribution in [-0.2, 0) is 7.05 Å². The minimum absolute atomic E-state index is 0.196. The van der Waals surface area contributed by atoms with E-state index in [-0.39, 0.29) is 11.9 Å². The Kier molecular flexibility index (Phi) is 4.39. The average Bonchev–Trinajstić information content (AvgIpc) is 3.37. The maximum absolute atomic E-state index is 15.0. The molecule has 9 heteroatoms. The van der Waals surface area contributed by atoms with Crippen molar-refractivity contribution in [3.63, 3.8) is 0 Å². The summed E-state index contributed by atoms with van der Waals surface area (Å²) in [6, 6.07) is 8.81. The Labute approximate surface area is 177 Å². The van der Waals surface area contributed by atoms with E-state index in [1.165, 1.54) is 6.07 Å². The quantitative estimate of drug-likeness (QED) is 0.436. The molecule has 0 bridgehead atoms. The maximum atomic E-state index is 15.0. The summed E-state index contributed by atoms with van der Waals surface area (Å²) in [6.45, 7) is 4.11. The van der Waals surface area contributed by atoms with Gasteiger partial charge in [0.1, 0.15) is 11.3 Å². The molecule has 0 saturated carbocycles. The number of hydrogen-bond acceptors (Lipinski definition) is 6. The van der Waals surface area contributed by atoms with Crippen LogP contribution >= 0.6 is 0 Å².